The molecule has 0 bridgehead atoms. The molecule has 0 aliphatic heterocycles. The van der Waals surface area contributed by atoms with E-state index in [2.05, 4.69) is 5.32 Å². The molecule has 0 aromatic carbocycles. The van der Waals surface area contributed by atoms with Crippen LogP contribution in [0.25, 0.3) is 0 Å². The van der Waals surface area contributed by atoms with Crippen LogP contribution in [0.5, 0.6) is 0 Å². The SMILES string of the molecule is CO[Si](CCCNCC(N)C(C)N)(OC)OC. The summed E-state index contributed by atoms with van der Waals surface area (Å²) in [6.45, 7) is 3.48. The normalized spacial score (nSPS) is 15.9. The maximum absolute atomic E-state index is 5.81. The summed E-state index contributed by atoms with van der Waals surface area (Å²) in [7, 11) is 2.46. The standard InChI is InChI=1S/C10H27N3O3Si/c1-9(11)10(12)8-13-6-5-7-17(14-2,15-3)16-4/h9-10,13H,5-8,11-12H2,1-4H3. The van der Waals surface area contributed by atoms with E-state index in [1.165, 1.54) is 0 Å². The summed E-state index contributed by atoms with van der Waals surface area (Å²) in [5, 5.41) is 3.26. The number of nitrogens with two attached hydrogens (primary N) is 2. The molecule has 0 aromatic rings. The van der Waals surface area contributed by atoms with Crippen molar-refractivity contribution in [1.82, 2.24) is 5.32 Å². The Morgan fingerprint density at radius 3 is 2.06 bits per heavy atom. The largest absolute Gasteiger partial charge is 0.500 e. The smallest absolute Gasteiger partial charge is 0.377 e. The minimum atomic E-state index is -2.41. The van der Waals surface area contributed by atoms with Crippen LogP contribution >= 0.6 is 0 Å². The summed E-state index contributed by atoms with van der Waals surface area (Å²) < 4.78 is 16.0. The highest BCUT2D eigenvalue weighted by Gasteiger charge is 2.36. The van der Waals surface area contributed by atoms with E-state index in [1.807, 2.05) is 6.92 Å². The van der Waals surface area contributed by atoms with E-state index in [1.54, 1.807) is 21.3 Å². The Balaban J connectivity index is 3.69. The zero-order valence-corrected chi connectivity index (χ0v) is 12.4. The number of rotatable bonds is 10. The minimum absolute atomic E-state index is 0.00731. The van der Waals surface area contributed by atoms with Crippen LogP contribution in [0.4, 0.5) is 0 Å². The molecule has 0 aliphatic carbocycles. The Morgan fingerprint density at radius 1 is 1.12 bits per heavy atom. The quantitative estimate of drug-likeness (QED) is 0.365. The molecule has 17 heavy (non-hydrogen) atoms. The molecule has 0 fully saturated rings. The first-order chi connectivity index (χ1) is 8.01. The summed E-state index contributed by atoms with van der Waals surface area (Å²) in [5.41, 5.74) is 11.5. The maximum atomic E-state index is 5.81. The van der Waals surface area contributed by atoms with Gasteiger partial charge in [-0.15, -0.1) is 0 Å². The molecule has 6 nitrogen and oxygen atoms in total. The van der Waals surface area contributed by atoms with Crippen LogP contribution < -0.4 is 16.8 Å². The molecule has 0 rings (SSSR count). The predicted octanol–water partition coefficient (Wildman–Crippen LogP) is -0.481. The molecule has 0 aliphatic rings. The lowest BCUT2D eigenvalue weighted by Crippen LogP contribution is -2.47. The van der Waals surface area contributed by atoms with Gasteiger partial charge in [0, 0.05) is 46.0 Å². The minimum Gasteiger partial charge on any atom is -0.377 e. The number of nitrogens with one attached hydrogen (secondary N) is 1. The van der Waals surface area contributed by atoms with Crippen molar-refractivity contribution in [3.8, 4) is 0 Å². The second kappa shape index (κ2) is 8.98. The van der Waals surface area contributed by atoms with E-state index >= 15 is 0 Å². The molecule has 5 N–H and O–H groups in total. The van der Waals surface area contributed by atoms with Gasteiger partial charge in [0.1, 0.15) is 0 Å². The molecule has 0 aromatic heterocycles. The second-order valence-corrected chi connectivity index (χ2v) is 7.22. The second-order valence-electron chi connectivity index (χ2n) is 4.13. The molecule has 104 valence electrons. The Morgan fingerprint density at radius 2 is 1.65 bits per heavy atom. The first-order valence-corrected chi connectivity index (χ1v) is 7.82. The van der Waals surface area contributed by atoms with Gasteiger partial charge in [-0.05, 0) is 19.9 Å². The molecule has 0 saturated heterocycles. The van der Waals surface area contributed by atoms with Gasteiger partial charge in [-0.3, -0.25) is 0 Å². The van der Waals surface area contributed by atoms with Gasteiger partial charge >= 0.3 is 8.80 Å². The van der Waals surface area contributed by atoms with E-state index in [0.717, 1.165) is 25.6 Å². The van der Waals surface area contributed by atoms with Gasteiger partial charge in [0.05, 0.1) is 0 Å². The molecule has 7 heteroatoms. The van der Waals surface area contributed by atoms with Crippen molar-refractivity contribution in [1.29, 1.82) is 0 Å². The zero-order valence-electron chi connectivity index (χ0n) is 11.4. The zero-order chi connectivity index (χ0) is 13.3. The van der Waals surface area contributed by atoms with E-state index in [0.29, 0.717) is 0 Å². The molecule has 0 heterocycles. The molecule has 2 unspecified atom stereocenters. The van der Waals surface area contributed by atoms with E-state index in [-0.39, 0.29) is 12.1 Å². The molecule has 0 radical (unpaired) electrons. The predicted molar refractivity (Wildman–Crippen MR) is 70.7 cm³/mol. The highest BCUT2D eigenvalue weighted by molar-refractivity contribution is 6.60. The fraction of sp³-hybridized carbons (Fsp3) is 1.00. The van der Waals surface area contributed by atoms with Crippen LogP contribution in [0.1, 0.15) is 13.3 Å². The van der Waals surface area contributed by atoms with Gasteiger partial charge < -0.3 is 30.1 Å². The van der Waals surface area contributed by atoms with Gasteiger partial charge in [-0.1, -0.05) is 0 Å². The summed E-state index contributed by atoms with van der Waals surface area (Å²) in [6.07, 6.45) is 0.924. The lowest BCUT2D eigenvalue weighted by atomic mass is 10.2. The molecule has 0 spiro atoms. The van der Waals surface area contributed by atoms with Crippen molar-refractivity contribution in [3.63, 3.8) is 0 Å². The molecule has 0 saturated carbocycles. The monoisotopic (exact) mass is 265 g/mol. The topological polar surface area (TPSA) is 91.8 Å². The summed E-state index contributed by atoms with van der Waals surface area (Å²) >= 11 is 0. The van der Waals surface area contributed by atoms with Crippen LogP contribution in [0.2, 0.25) is 6.04 Å². The summed E-state index contributed by atoms with van der Waals surface area (Å²) in [5.74, 6) is 0. The van der Waals surface area contributed by atoms with Crippen molar-refractivity contribution in [2.45, 2.75) is 31.5 Å². The average molecular weight is 265 g/mol. The maximum Gasteiger partial charge on any atom is 0.500 e. The third-order valence-electron chi connectivity index (χ3n) is 2.82. The lowest BCUT2D eigenvalue weighted by molar-refractivity contribution is 0.123. The van der Waals surface area contributed by atoms with E-state index in [4.69, 9.17) is 24.7 Å². The lowest BCUT2D eigenvalue weighted by Gasteiger charge is -2.24. The van der Waals surface area contributed by atoms with Crippen molar-refractivity contribution in [2.75, 3.05) is 34.4 Å². The van der Waals surface area contributed by atoms with Gasteiger partial charge in [0.25, 0.3) is 0 Å². The Bertz CT molecular complexity index is 183. The summed E-state index contributed by atoms with van der Waals surface area (Å²) in [4.78, 5) is 0. The number of hydrogen-bond acceptors (Lipinski definition) is 6. The fourth-order valence-corrected chi connectivity index (χ4v) is 3.16. The van der Waals surface area contributed by atoms with Crippen LogP contribution in [-0.4, -0.2) is 55.3 Å². The first-order valence-electron chi connectivity index (χ1n) is 5.88. The van der Waals surface area contributed by atoms with E-state index in [9.17, 15) is 0 Å². The van der Waals surface area contributed by atoms with Gasteiger partial charge in [0.15, 0.2) is 0 Å². The van der Waals surface area contributed by atoms with Crippen LogP contribution in [0.3, 0.4) is 0 Å². The highest BCUT2D eigenvalue weighted by atomic mass is 28.4. The van der Waals surface area contributed by atoms with E-state index < -0.39 is 8.80 Å². The molecular formula is C10H27N3O3Si. The third-order valence-corrected chi connectivity index (χ3v) is 5.66. The molecular weight excluding hydrogens is 238 g/mol. The van der Waals surface area contributed by atoms with Crippen molar-refractivity contribution in [2.24, 2.45) is 11.5 Å². The number of hydrogen-bond donors (Lipinski definition) is 3. The third kappa shape index (κ3) is 6.46. The van der Waals surface area contributed by atoms with Gasteiger partial charge in [-0.25, -0.2) is 0 Å². The van der Waals surface area contributed by atoms with Crippen molar-refractivity contribution in [3.05, 3.63) is 0 Å². The van der Waals surface area contributed by atoms with Crippen LogP contribution in [-0.2, 0) is 13.3 Å². The first kappa shape index (κ1) is 17.0. The van der Waals surface area contributed by atoms with Crippen molar-refractivity contribution < 1.29 is 13.3 Å². The highest BCUT2D eigenvalue weighted by Crippen LogP contribution is 2.14. The summed E-state index contributed by atoms with van der Waals surface area (Å²) in [6, 6.07) is 0.786. The Labute approximate surface area is 105 Å². The van der Waals surface area contributed by atoms with Crippen molar-refractivity contribution >= 4 is 8.80 Å². The van der Waals surface area contributed by atoms with Gasteiger partial charge in [-0.2, -0.15) is 0 Å². The molecule has 0 amide bonds. The van der Waals surface area contributed by atoms with Gasteiger partial charge in [0.2, 0.25) is 0 Å². The molecule has 2 atom stereocenters. The van der Waals surface area contributed by atoms with Crippen LogP contribution in [0, 0.1) is 0 Å². The Hall–Kier alpha value is -0.0231. The Kier molecular flexibility index (Phi) is 8.97. The fourth-order valence-electron chi connectivity index (χ4n) is 1.44. The van der Waals surface area contributed by atoms with Crippen LogP contribution in [0.15, 0.2) is 0 Å². The average Bonchev–Trinajstić information content (AvgIpc) is 2.34.